The molecule has 2 aliphatic rings. The lowest BCUT2D eigenvalue weighted by Gasteiger charge is -2.26. The number of hydrogen-bond donors (Lipinski definition) is 1. The van der Waals surface area contributed by atoms with Gasteiger partial charge in [-0.25, -0.2) is 0 Å². The molecular weight excluding hydrogens is 478 g/mol. The number of fused-ring (bicyclic) bond motifs is 1. The van der Waals surface area contributed by atoms with E-state index in [9.17, 15) is 14.7 Å². The van der Waals surface area contributed by atoms with Crippen LogP contribution in [0.5, 0.6) is 28.7 Å². The lowest BCUT2D eigenvalue weighted by Crippen LogP contribution is -2.29. The molecule has 3 aromatic rings. The fraction of sp³-hybridized carbons (Fsp3) is 0.214. The van der Waals surface area contributed by atoms with Gasteiger partial charge in [0.15, 0.2) is 11.5 Å². The minimum atomic E-state index is -0.883. The molecule has 9 nitrogen and oxygen atoms in total. The van der Waals surface area contributed by atoms with E-state index in [-0.39, 0.29) is 30.2 Å². The van der Waals surface area contributed by atoms with Crippen LogP contribution in [0.25, 0.3) is 5.76 Å². The Balaban J connectivity index is 1.66. The van der Waals surface area contributed by atoms with Crippen LogP contribution in [0.1, 0.15) is 22.7 Å². The predicted octanol–water partition coefficient (Wildman–Crippen LogP) is 4.06. The number of amides is 1. The summed E-state index contributed by atoms with van der Waals surface area (Å²) in [4.78, 5) is 28.3. The van der Waals surface area contributed by atoms with E-state index in [0.717, 1.165) is 5.56 Å². The summed E-state index contributed by atoms with van der Waals surface area (Å²) in [6.07, 6.45) is 0. The lowest BCUT2D eigenvalue weighted by molar-refractivity contribution is -0.140. The molecule has 0 bridgehead atoms. The van der Waals surface area contributed by atoms with E-state index in [2.05, 4.69) is 0 Å². The molecule has 1 saturated heterocycles. The fourth-order valence-corrected chi connectivity index (χ4v) is 4.63. The van der Waals surface area contributed by atoms with E-state index < -0.39 is 17.7 Å². The second-order valence-corrected chi connectivity index (χ2v) is 8.43. The first-order chi connectivity index (χ1) is 18.0. The van der Waals surface area contributed by atoms with Gasteiger partial charge in [-0.3, -0.25) is 9.59 Å². The molecule has 37 heavy (non-hydrogen) atoms. The summed E-state index contributed by atoms with van der Waals surface area (Å²) in [5.41, 5.74) is 1.47. The number of ketones is 1. The molecule has 9 heteroatoms. The molecule has 1 unspecified atom stereocenters. The Morgan fingerprint density at radius 2 is 1.59 bits per heavy atom. The second-order valence-electron chi connectivity index (χ2n) is 8.43. The molecule has 0 radical (unpaired) electrons. The summed E-state index contributed by atoms with van der Waals surface area (Å²) in [6.45, 7) is 0.216. The SMILES string of the molecule is COc1ccc(C2/C(=C(\O)c3c(OC)cccc3OC)C(=O)C(=O)N2Cc2ccc3c(c2)OCO3)cc1. The Kier molecular flexibility index (Phi) is 6.35. The van der Waals surface area contributed by atoms with Gasteiger partial charge in [0, 0.05) is 6.54 Å². The highest BCUT2D eigenvalue weighted by molar-refractivity contribution is 6.46. The first kappa shape index (κ1) is 24.1. The maximum Gasteiger partial charge on any atom is 0.295 e. The topological polar surface area (TPSA) is 104 Å². The van der Waals surface area contributed by atoms with Crippen LogP contribution in [0.2, 0.25) is 0 Å². The van der Waals surface area contributed by atoms with E-state index in [1.807, 2.05) is 0 Å². The Bertz CT molecular complexity index is 1370. The zero-order chi connectivity index (χ0) is 26.1. The number of Topliss-reactive ketones (excluding diaryl/α,β-unsaturated/α-hetero) is 1. The van der Waals surface area contributed by atoms with Crippen LogP contribution in [-0.2, 0) is 16.1 Å². The van der Waals surface area contributed by atoms with Crippen molar-refractivity contribution in [2.45, 2.75) is 12.6 Å². The third-order valence-electron chi connectivity index (χ3n) is 6.43. The second kappa shape index (κ2) is 9.77. The number of aliphatic hydroxyl groups excluding tert-OH is 1. The van der Waals surface area contributed by atoms with Crippen LogP contribution in [0.3, 0.4) is 0 Å². The van der Waals surface area contributed by atoms with E-state index in [1.165, 1.54) is 19.1 Å². The maximum atomic E-state index is 13.5. The molecule has 5 rings (SSSR count). The van der Waals surface area contributed by atoms with Crippen molar-refractivity contribution in [3.8, 4) is 28.7 Å². The molecule has 1 atom stereocenters. The van der Waals surface area contributed by atoms with E-state index in [4.69, 9.17) is 23.7 Å². The number of likely N-dealkylation sites (tertiary alicyclic amines) is 1. The molecule has 0 aliphatic carbocycles. The lowest BCUT2D eigenvalue weighted by atomic mass is 9.94. The highest BCUT2D eigenvalue weighted by Crippen LogP contribution is 2.44. The minimum Gasteiger partial charge on any atom is -0.506 e. The Hall–Kier alpha value is -4.66. The van der Waals surface area contributed by atoms with E-state index in [1.54, 1.807) is 67.8 Å². The van der Waals surface area contributed by atoms with Gasteiger partial charge < -0.3 is 33.7 Å². The van der Waals surface area contributed by atoms with Crippen molar-refractivity contribution in [1.82, 2.24) is 4.90 Å². The molecule has 1 N–H and O–H groups in total. The van der Waals surface area contributed by atoms with Crippen LogP contribution in [0, 0.1) is 0 Å². The standard InChI is InChI=1S/C28H25NO8/c1-33-18-10-8-17(9-11-18)25-24(26(30)23-20(34-2)5-4-6-21(23)35-3)27(31)28(32)29(25)14-16-7-12-19-22(13-16)37-15-36-19/h4-13,25,30H,14-15H2,1-3H3/b26-24+. The smallest absolute Gasteiger partial charge is 0.295 e. The average Bonchev–Trinajstić information content (AvgIpc) is 3.50. The molecule has 0 spiro atoms. The number of benzene rings is 3. The number of rotatable bonds is 7. The van der Waals surface area contributed by atoms with Crippen molar-refractivity contribution >= 4 is 17.4 Å². The van der Waals surface area contributed by atoms with Gasteiger partial charge in [0.25, 0.3) is 11.7 Å². The molecule has 1 fully saturated rings. The van der Waals surface area contributed by atoms with Crippen molar-refractivity contribution in [2.24, 2.45) is 0 Å². The normalized spacial score (nSPS) is 17.7. The van der Waals surface area contributed by atoms with Crippen LogP contribution >= 0.6 is 0 Å². The average molecular weight is 504 g/mol. The highest BCUT2D eigenvalue weighted by Gasteiger charge is 2.46. The predicted molar refractivity (Wildman–Crippen MR) is 133 cm³/mol. The summed E-state index contributed by atoms with van der Waals surface area (Å²) in [7, 11) is 4.45. The number of methoxy groups -OCH3 is 3. The van der Waals surface area contributed by atoms with E-state index >= 15 is 0 Å². The van der Waals surface area contributed by atoms with Crippen molar-refractivity contribution in [3.63, 3.8) is 0 Å². The van der Waals surface area contributed by atoms with Crippen LogP contribution in [-0.4, -0.2) is 49.8 Å². The van der Waals surface area contributed by atoms with Gasteiger partial charge >= 0.3 is 0 Å². The van der Waals surface area contributed by atoms with Gasteiger partial charge in [-0.05, 0) is 47.5 Å². The number of carbonyl (C=O) groups is 2. The molecule has 190 valence electrons. The van der Waals surface area contributed by atoms with Gasteiger partial charge in [0.2, 0.25) is 6.79 Å². The minimum absolute atomic E-state index is 0.0706. The maximum absolute atomic E-state index is 13.5. The monoisotopic (exact) mass is 503 g/mol. The Morgan fingerprint density at radius 1 is 0.919 bits per heavy atom. The van der Waals surface area contributed by atoms with Gasteiger partial charge in [-0.2, -0.15) is 0 Å². The number of aliphatic hydroxyl groups is 1. The summed E-state index contributed by atoms with van der Waals surface area (Å²) in [5.74, 6) is 0.444. The zero-order valence-corrected chi connectivity index (χ0v) is 20.5. The van der Waals surface area contributed by atoms with Crippen molar-refractivity contribution < 1.29 is 38.4 Å². The van der Waals surface area contributed by atoms with Crippen LogP contribution in [0.4, 0.5) is 0 Å². The van der Waals surface area contributed by atoms with Gasteiger partial charge in [-0.15, -0.1) is 0 Å². The molecule has 1 amide bonds. The van der Waals surface area contributed by atoms with E-state index in [0.29, 0.717) is 34.3 Å². The molecule has 3 aromatic carbocycles. The van der Waals surface area contributed by atoms with Gasteiger partial charge in [0.1, 0.15) is 28.6 Å². The summed E-state index contributed by atoms with van der Waals surface area (Å²) < 4.78 is 27.0. The van der Waals surface area contributed by atoms with Crippen molar-refractivity contribution in [2.75, 3.05) is 28.1 Å². The molecular formula is C28H25NO8. The number of hydrogen-bond acceptors (Lipinski definition) is 8. The van der Waals surface area contributed by atoms with Crippen LogP contribution < -0.4 is 23.7 Å². The molecule has 2 heterocycles. The fourth-order valence-electron chi connectivity index (χ4n) is 4.63. The number of nitrogens with zero attached hydrogens (tertiary/aromatic N) is 1. The molecule has 2 aliphatic heterocycles. The quantitative estimate of drug-likeness (QED) is 0.293. The molecule has 0 aromatic heterocycles. The Morgan fingerprint density at radius 3 is 2.24 bits per heavy atom. The molecule has 0 saturated carbocycles. The first-order valence-electron chi connectivity index (χ1n) is 11.5. The summed E-state index contributed by atoms with van der Waals surface area (Å²) in [5, 5.41) is 11.5. The number of carbonyl (C=O) groups excluding carboxylic acids is 2. The van der Waals surface area contributed by atoms with Gasteiger partial charge in [0.05, 0.1) is 32.9 Å². The largest absolute Gasteiger partial charge is 0.506 e. The van der Waals surface area contributed by atoms with Crippen molar-refractivity contribution in [1.29, 1.82) is 0 Å². The first-order valence-corrected chi connectivity index (χ1v) is 11.5. The Labute approximate surface area is 213 Å². The third-order valence-corrected chi connectivity index (χ3v) is 6.43. The summed E-state index contributed by atoms with van der Waals surface area (Å²) in [6, 6.07) is 16.4. The summed E-state index contributed by atoms with van der Waals surface area (Å²) >= 11 is 0. The zero-order valence-electron chi connectivity index (χ0n) is 20.5. The van der Waals surface area contributed by atoms with Crippen molar-refractivity contribution in [3.05, 3.63) is 82.9 Å². The highest BCUT2D eigenvalue weighted by atomic mass is 16.7. The van der Waals surface area contributed by atoms with Crippen LogP contribution in [0.15, 0.2) is 66.2 Å². The number of ether oxygens (including phenoxy) is 5. The third kappa shape index (κ3) is 4.18. The van der Waals surface area contributed by atoms with Gasteiger partial charge in [-0.1, -0.05) is 24.3 Å².